The molecule has 1 saturated heterocycles. The molecule has 1 aromatic carbocycles. The van der Waals surface area contributed by atoms with Crippen LogP contribution in [0, 0.1) is 12.8 Å². The fourth-order valence-electron chi connectivity index (χ4n) is 2.67. The van der Waals surface area contributed by atoms with Gasteiger partial charge in [-0.2, -0.15) is 0 Å². The van der Waals surface area contributed by atoms with Crippen molar-refractivity contribution in [3.63, 3.8) is 0 Å². The first-order valence-corrected chi connectivity index (χ1v) is 7.59. The van der Waals surface area contributed by atoms with Crippen LogP contribution in [0.1, 0.15) is 38.3 Å². The molecule has 1 N–H and O–H groups in total. The molecule has 120 valence electrons. The predicted molar refractivity (Wildman–Crippen MR) is 84.8 cm³/mol. The van der Waals surface area contributed by atoms with E-state index < -0.39 is 5.54 Å². The van der Waals surface area contributed by atoms with E-state index >= 15 is 0 Å². The van der Waals surface area contributed by atoms with Gasteiger partial charge in [-0.15, -0.1) is 0 Å². The second-order valence-corrected chi connectivity index (χ2v) is 6.38. The Morgan fingerprint density at radius 2 is 2.00 bits per heavy atom. The first kappa shape index (κ1) is 16.3. The summed E-state index contributed by atoms with van der Waals surface area (Å²) in [5.74, 6) is 1.01. The number of benzene rings is 1. The van der Waals surface area contributed by atoms with Crippen molar-refractivity contribution in [2.24, 2.45) is 5.92 Å². The average molecular weight is 304 g/mol. The molecule has 2 rings (SSSR count). The number of hydrogen-bond acceptors (Lipinski definition) is 3. The van der Waals surface area contributed by atoms with Crippen LogP contribution in [0.3, 0.4) is 0 Å². The second-order valence-electron chi connectivity index (χ2n) is 6.38. The topological polar surface area (TPSA) is 58.6 Å². The summed E-state index contributed by atoms with van der Waals surface area (Å²) >= 11 is 0. The number of carbonyl (C=O) groups excluding carboxylic acids is 2. The highest BCUT2D eigenvalue weighted by Crippen LogP contribution is 2.31. The van der Waals surface area contributed by atoms with Gasteiger partial charge in [-0.3, -0.25) is 9.69 Å². The Labute approximate surface area is 131 Å². The minimum atomic E-state index is -1.01. The highest BCUT2D eigenvalue weighted by molar-refractivity contribution is 6.07. The first-order chi connectivity index (χ1) is 10.3. The third-order valence-electron chi connectivity index (χ3n) is 4.18. The molecule has 3 amide bonds. The van der Waals surface area contributed by atoms with Crippen LogP contribution in [0.15, 0.2) is 18.2 Å². The third-order valence-corrected chi connectivity index (χ3v) is 4.18. The van der Waals surface area contributed by atoms with Gasteiger partial charge in [0.05, 0.1) is 7.11 Å². The zero-order valence-corrected chi connectivity index (χ0v) is 13.9. The van der Waals surface area contributed by atoms with E-state index in [-0.39, 0.29) is 11.9 Å². The molecule has 1 aliphatic rings. The van der Waals surface area contributed by atoms with Gasteiger partial charge in [0.2, 0.25) is 0 Å². The van der Waals surface area contributed by atoms with Crippen LogP contribution in [-0.2, 0) is 10.3 Å². The lowest BCUT2D eigenvalue weighted by atomic mass is 9.90. The number of amides is 3. The number of carbonyl (C=O) groups is 2. The van der Waals surface area contributed by atoms with E-state index in [0.29, 0.717) is 12.5 Å². The molecule has 0 radical (unpaired) electrons. The summed E-state index contributed by atoms with van der Waals surface area (Å²) < 4.78 is 5.25. The Balaban J connectivity index is 2.28. The summed E-state index contributed by atoms with van der Waals surface area (Å²) in [4.78, 5) is 26.2. The van der Waals surface area contributed by atoms with Crippen LogP contribution in [0.4, 0.5) is 4.79 Å². The summed E-state index contributed by atoms with van der Waals surface area (Å²) in [5, 5.41) is 2.83. The number of rotatable bonds is 5. The Hall–Kier alpha value is -2.04. The van der Waals surface area contributed by atoms with Crippen molar-refractivity contribution in [2.45, 2.75) is 39.7 Å². The maximum absolute atomic E-state index is 12.7. The molecule has 0 spiro atoms. The summed E-state index contributed by atoms with van der Waals surface area (Å²) in [6.07, 6.45) is 0.802. The van der Waals surface area contributed by atoms with Crippen molar-refractivity contribution in [3.05, 3.63) is 29.3 Å². The number of hydrogen-bond donors (Lipinski definition) is 1. The predicted octanol–water partition coefficient (Wildman–Crippen LogP) is 2.82. The highest BCUT2D eigenvalue weighted by atomic mass is 16.5. The Kier molecular flexibility index (Phi) is 4.44. The SMILES string of the molecule is COc1ccc(C2(C)NC(=O)N(CCC(C)C)C2=O)cc1C. The highest BCUT2D eigenvalue weighted by Gasteiger charge is 2.48. The minimum absolute atomic E-state index is 0.192. The molecule has 1 fully saturated rings. The molecule has 0 aliphatic carbocycles. The zero-order valence-electron chi connectivity index (χ0n) is 13.9. The largest absolute Gasteiger partial charge is 0.496 e. The van der Waals surface area contributed by atoms with Gasteiger partial charge in [0.1, 0.15) is 11.3 Å². The molecule has 1 heterocycles. The quantitative estimate of drug-likeness (QED) is 0.851. The molecule has 1 unspecified atom stereocenters. The first-order valence-electron chi connectivity index (χ1n) is 7.59. The fraction of sp³-hybridized carbons (Fsp3) is 0.529. The van der Waals surface area contributed by atoms with Crippen LogP contribution >= 0.6 is 0 Å². The number of methoxy groups -OCH3 is 1. The minimum Gasteiger partial charge on any atom is -0.496 e. The third kappa shape index (κ3) is 2.80. The number of ether oxygens (including phenoxy) is 1. The van der Waals surface area contributed by atoms with Crippen LogP contribution in [-0.4, -0.2) is 30.5 Å². The van der Waals surface area contributed by atoms with Gasteiger partial charge in [0, 0.05) is 6.54 Å². The van der Waals surface area contributed by atoms with E-state index in [1.807, 2.05) is 25.1 Å². The average Bonchev–Trinajstić information content (AvgIpc) is 2.68. The molecule has 5 heteroatoms. The second kappa shape index (κ2) is 5.99. The van der Waals surface area contributed by atoms with Crippen molar-refractivity contribution in [2.75, 3.05) is 13.7 Å². The normalized spacial score (nSPS) is 21.5. The summed E-state index contributed by atoms with van der Waals surface area (Å²) in [5.41, 5.74) is 0.700. The van der Waals surface area contributed by atoms with E-state index in [9.17, 15) is 9.59 Å². The molecule has 0 aromatic heterocycles. The van der Waals surface area contributed by atoms with Gasteiger partial charge in [-0.05, 0) is 49.4 Å². The van der Waals surface area contributed by atoms with Gasteiger partial charge in [0.25, 0.3) is 5.91 Å². The van der Waals surface area contributed by atoms with Crippen LogP contribution in [0.25, 0.3) is 0 Å². The number of nitrogens with zero attached hydrogens (tertiary/aromatic N) is 1. The van der Waals surface area contributed by atoms with E-state index in [0.717, 1.165) is 23.3 Å². The van der Waals surface area contributed by atoms with Crippen molar-refractivity contribution in [1.82, 2.24) is 10.2 Å². The molecular weight excluding hydrogens is 280 g/mol. The maximum atomic E-state index is 12.7. The lowest BCUT2D eigenvalue weighted by Crippen LogP contribution is -2.41. The molecule has 5 nitrogen and oxygen atoms in total. The molecular formula is C17H24N2O3. The Morgan fingerprint density at radius 3 is 2.55 bits per heavy atom. The van der Waals surface area contributed by atoms with Crippen LogP contribution < -0.4 is 10.1 Å². The van der Waals surface area contributed by atoms with Crippen molar-refractivity contribution >= 4 is 11.9 Å². The Morgan fingerprint density at radius 1 is 1.32 bits per heavy atom. The number of urea groups is 1. The van der Waals surface area contributed by atoms with Gasteiger partial charge in [0.15, 0.2) is 0 Å². The molecule has 1 atom stereocenters. The molecule has 0 saturated carbocycles. The van der Waals surface area contributed by atoms with Crippen LogP contribution in [0.2, 0.25) is 0 Å². The molecule has 22 heavy (non-hydrogen) atoms. The lowest BCUT2D eigenvalue weighted by Gasteiger charge is -2.23. The zero-order chi connectivity index (χ0) is 16.5. The van der Waals surface area contributed by atoms with E-state index in [1.165, 1.54) is 4.90 Å². The fourth-order valence-corrected chi connectivity index (χ4v) is 2.67. The van der Waals surface area contributed by atoms with Gasteiger partial charge >= 0.3 is 6.03 Å². The molecule has 1 aliphatic heterocycles. The summed E-state index contributed by atoms with van der Waals surface area (Å²) in [6.45, 7) is 8.27. The van der Waals surface area contributed by atoms with Gasteiger partial charge in [-0.1, -0.05) is 19.9 Å². The van der Waals surface area contributed by atoms with E-state index in [2.05, 4.69) is 19.2 Å². The number of aryl methyl sites for hydroxylation is 1. The monoisotopic (exact) mass is 304 g/mol. The van der Waals surface area contributed by atoms with E-state index in [1.54, 1.807) is 14.0 Å². The van der Waals surface area contributed by atoms with Crippen LogP contribution in [0.5, 0.6) is 5.75 Å². The smallest absolute Gasteiger partial charge is 0.325 e. The Bertz CT molecular complexity index is 598. The van der Waals surface area contributed by atoms with E-state index in [4.69, 9.17) is 4.74 Å². The van der Waals surface area contributed by atoms with Crippen molar-refractivity contribution in [3.8, 4) is 5.75 Å². The lowest BCUT2D eigenvalue weighted by molar-refractivity contribution is -0.131. The van der Waals surface area contributed by atoms with Crippen molar-refractivity contribution in [1.29, 1.82) is 0 Å². The standard InChI is InChI=1S/C17H24N2O3/c1-11(2)8-9-19-15(20)17(4,18-16(19)21)13-6-7-14(22-5)12(3)10-13/h6-7,10-11H,8-9H2,1-5H3,(H,18,21). The number of imide groups is 1. The summed E-state index contributed by atoms with van der Waals surface area (Å²) in [6, 6.07) is 5.23. The number of nitrogens with one attached hydrogen (secondary N) is 1. The van der Waals surface area contributed by atoms with Crippen molar-refractivity contribution < 1.29 is 14.3 Å². The van der Waals surface area contributed by atoms with Gasteiger partial charge < -0.3 is 10.1 Å². The summed E-state index contributed by atoms with van der Waals surface area (Å²) in [7, 11) is 1.61. The van der Waals surface area contributed by atoms with Gasteiger partial charge in [-0.25, -0.2) is 4.79 Å². The molecule has 1 aromatic rings. The maximum Gasteiger partial charge on any atom is 0.325 e. The molecule has 0 bridgehead atoms.